The summed E-state index contributed by atoms with van der Waals surface area (Å²) in [5.41, 5.74) is 5.78. The number of aliphatic hydroxyl groups is 1. The zero-order valence-electron chi connectivity index (χ0n) is 16.3. The van der Waals surface area contributed by atoms with Crippen LogP contribution in [0, 0.1) is 11.8 Å². The highest BCUT2D eigenvalue weighted by molar-refractivity contribution is 8.00. The molecular weight excluding hydrogens is 446 g/mol. The lowest BCUT2D eigenvalue weighted by molar-refractivity contribution is -0.150. The molecule has 3 rings (SSSR count). The van der Waals surface area contributed by atoms with Gasteiger partial charge < -0.3 is 26.1 Å². The molecule has 2 aliphatic heterocycles. The summed E-state index contributed by atoms with van der Waals surface area (Å²) in [7, 11) is 0. The summed E-state index contributed by atoms with van der Waals surface area (Å²) in [6.07, 6.45) is 0.195. The van der Waals surface area contributed by atoms with Crippen molar-refractivity contribution in [3.8, 4) is 11.8 Å². The number of thiazole rings is 1. The number of amides is 2. The minimum Gasteiger partial charge on any atom is -0.477 e. The molecule has 31 heavy (non-hydrogen) atoms. The minimum absolute atomic E-state index is 0.133. The quantitative estimate of drug-likeness (QED) is 0.181. The number of aromatic nitrogens is 1. The van der Waals surface area contributed by atoms with E-state index in [-0.39, 0.29) is 53.2 Å². The zero-order valence-corrected chi connectivity index (χ0v) is 18.0. The molecule has 0 aliphatic carbocycles. The van der Waals surface area contributed by atoms with Crippen LogP contribution in [-0.2, 0) is 19.2 Å². The number of nitrogens with zero attached hydrogens (tertiary/aromatic N) is 3. The number of hydrogen-bond acceptors (Lipinski definition) is 10. The first-order valence-corrected chi connectivity index (χ1v) is 11.0. The number of thioether (sulfide) groups is 1. The lowest BCUT2D eigenvalue weighted by atomic mass is 10.0. The van der Waals surface area contributed by atoms with E-state index < -0.39 is 29.2 Å². The van der Waals surface area contributed by atoms with Crippen LogP contribution in [0.25, 0.3) is 0 Å². The summed E-state index contributed by atoms with van der Waals surface area (Å²) < 4.78 is 0. The number of hydrogen-bond donors (Lipinski definition) is 4. The molecule has 3 heterocycles. The molecule has 164 valence electrons. The van der Waals surface area contributed by atoms with Crippen LogP contribution in [0.1, 0.15) is 19.0 Å². The highest BCUT2D eigenvalue weighted by Gasteiger charge is 2.54. The van der Waals surface area contributed by atoms with Gasteiger partial charge in [0.25, 0.3) is 11.8 Å². The van der Waals surface area contributed by atoms with Gasteiger partial charge in [0, 0.05) is 23.1 Å². The van der Waals surface area contributed by atoms with Crippen molar-refractivity contribution in [3.05, 3.63) is 22.3 Å². The van der Waals surface area contributed by atoms with E-state index in [2.05, 4.69) is 27.3 Å². The molecule has 0 radical (unpaired) electrons. The molecule has 2 amide bonds. The Morgan fingerprint density at radius 3 is 2.90 bits per heavy atom. The average Bonchev–Trinajstić information content (AvgIpc) is 3.17. The Morgan fingerprint density at radius 2 is 2.29 bits per heavy atom. The number of β-lactam (4-membered cyclic amide) rings is 1. The Balaban J connectivity index is 1.79. The van der Waals surface area contributed by atoms with Crippen molar-refractivity contribution >= 4 is 51.7 Å². The number of rotatable bonds is 7. The first kappa shape index (κ1) is 22.6. The van der Waals surface area contributed by atoms with Crippen LogP contribution in [-0.4, -0.2) is 74.0 Å². The van der Waals surface area contributed by atoms with E-state index >= 15 is 0 Å². The van der Waals surface area contributed by atoms with Gasteiger partial charge in [0.05, 0.1) is 6.61 Å². The molecule has 2 atom stereocenters. The number of nitrogens with one attached hydrogen (secondary N) is 1. The first-order valence-electron chi connectivity index (χ1n) is 9.12. The second-order valence-electron chi connectivity index (χ2n) is 6.20. The number of aliphatic carboxylic acids is 1. The number of carbonyl (C=O) groups excluding carboxylic acids is 2. The molecule has 0 bridgehead atoms. The lowest BCUT2D eigenvalue weighted by Crippen LogP contribution is -2.71. The van der Waals surface area contributed by atoms with Gasteiger partial charge in [-0.05, 0) is 6.92 Å². The monoisotopic (exact) mass is 465 g/mol. The van der Waals surface area contributed by atoms with Crippen molar-refractivity contribution in [3.63, 3.8) is 0 Å². The van der Waals surface area contributed by atoms with Gasteiger partial charge in [-0.15, -0.1) is 23.1 Å². The topological polar surface area (TPSA) is 167 Å². The summed E-state index contributed by atoms with van der Waals surface area (Å²) in [6.45, 7) is 1.77. The van der Waals surface area contributed by atoms with Gasteiger partial charge >= 0.3 is 5.97 Å². The van der Waals surface area contributed by atoms with E-state index in [1.165, 1.54) is 11.8 Å². The highest BCUT2D eigenvalue weighted by Crippen LogP contribution is 2.40. The Morgan fingerprint density at radius 1 is 1.52 bits per heavy atom. The van der Waals surface area contributed by atoms with Gasteiger partial charge in [-0.1, -0.05) is 17.0 Å². The van der Waals surface area contributed by atoms with E-state index in [9.17, 15) is 19.5 Å². The number of carboxylic acid groups (broad SMARTS) is 1. The number of nitrogens with two attached hydrogens (primary N) is 1. The number of nitrogen functional groups attached to an aromatic ring is 1. The van der Waals surface area contributed by atoms with E-state index in [1.54, 1.807) is 12.3 Å². The van der Waals surface area contributed by atoms with Crippen molar-refractivity contribution in [2.24, 2.45) is 5.16 Å². The number of aliphatic hydroxyl groups excluding tert-OH is 1. The maximum atomic E-state index is 12.8. The highest BCUT2D eigenvalue weighted by atomic mass is 32.2. The molecule has 13 heteroatoms. The van der Waals surface area contributed by atoms with Gasteiger partial charge in [0.15, 0.2) is 10.8 Å². The minimum atomic E-state index is -1.28. The summed E-state index contributed by atoms with van der Waals surface area (Å²) in [6, 6.07) is -0.943. The van der Waals surface area contributed by atoms with Gasteiger partial charge in [-0.3, -0.25) is 14.5 Å². The molecule has 0 aromatic carbocycles. The molecule has 1 fully saturated rings. The van der Waals surface area contributed by atoms with Gasteiger partial charge in [-0.25, -0.2) is 9.78 Å². The normalized spacial score (nSPS) is 20.4. The van der Waals surface area contributed by atoms with Gasteiger partial charge in [-0.2, -0.15) is 0 Å². The molecule has 1 aromatic rings. The third-order valence-electron chi connectivity index (χ3n) is 4.20. The number of fused-ring (bicyclic) bond motifs is 1. The second kappa shape index (κ2) is 9.82. The van der Waals surface area contributed by atoms with Crippen LogP contribution in [0.3, 0.4) is 0 Å². The lowest BCUT2D eigenvalue weighted by Gasteiger charge is -2.48. The number of carboxylic acids is 1. The first-order chi connectivity index (χ1) is 14.9. The van der Waals surface area contributed by atoms with E-state index in [1.807, 2.05) is 0 Å². The smallest absolute Gasteiger partial charge is 0.353 e. The fraction of sp³-hybridized carbons (Fsp3) is 0.389. The van der Waals surface area contributed by atoms with Gasteiger partial charge in [0.1, 0.15) is 29.4 Å². The maximum absolute atomic E-state index is 12.8. The van der Waals surface area contributed by atoms with Crippen molar-refractivity contribution < 1.29 is 29.4 Å². The predicted octanol–water partition coefficient (Wildman–Crippen LogP) is -0.410. The van der Waals surface area contributed by atoms with E-state index in [4.69, 9.17) is 15.7 Å². The molecule has 5 N–H and O–H groups in total. The largest absolute Gasteiger partial charge is 0.477 e. The number of anilines is 1. The van der Waals surface area contributed by atoms with Crippen LogP contribution in [0.5, 0.6) is 0 Å². The van der Waals surface area contributed by atoms with Crippen LogP contribution >= 0.6 is 23.1 Å². The fourth-order valence-electron chi connectivity index (χ4n) is 2.88. The molecule has 0 spiro atoms. The average molecular weight is 466 g/mol. The summed E-state index contributed by atoms with van der Waals surface area (Å²) in [4.78, 5) is 47.4. The zero-order chi connectivity index (χ0) is 22.5. The third-order valence-corrected chi connectivity index (χ3v) is 6.15. The number of oxime groups is 1. The molecular formula is C18H19N5O6S2. The van der Waals surface area contributed by atoms with Gasteiger partial charge in [0.2, 0.25) is 0 Å². The van der Waals surface area contributed by atoms with E-state index in [0.717, 1.165) is 16.2 Å². The summed E-state index contributed by atoms with van der Waals surface area (Å²) >= 11 is 2.41. The van der Waals surface area contributed by atoms with Crippen molar-refractivity contribution in [1.29, 1.82) is 0 Å². The van der Waals surface area contributed by atoms with Crippen LogP contribution in [0.4, 0.5) is 5.13 Å². The molecule has 0 saturated carbocycles. The maximum Gasteiger partial charge on any atom is 0.353 e. The SMILES string of the molecule is CCO/N=C(\C(=O)N[C@@H]1C(=O)N2C(C(=O)O)=C(C#CCCO)CS[C@H]12)c1csc(N)n1. The predicted molar refractivity (Wildman–Crippen MR) is 114 cm³/mol. The molecule has 1 aromatic heterocycles. The van der Waals surface area contributed by atoms with Crippen molar-refractivity contribution in [1.82, 2.24) is 15.2 Å². The summed E-state index contributed by atoms with van der Waals surface area (Å²) in [5, 5.41) is 26.0. The van der Waals surface area contributed by atoms with Crippen LogP contribution < -0.4 is 11.1 Å². The fourth-order valence-corrected chi connectivity index (χ4v) is 4.71. The van der Waals surface area contributed by atoms with Crippen molar-refractivity contribution in [2.45, 2.75) is 24.8 Å². The Hall–Kier alpha value is -3.08. The van der Waals surface area contributed by atoms with Crippen LogP contribution in [0.15, 0.2) is 21.8 Å². The van der Waals surface area contributed by atoms with Crippen molar-refractivity contribution in [2.75, 3.05) is 24.7 Å². The molecule has 2 aliphatic rings. The number of carbonyl (C=O) groups is 3. The third kappa shape index (κ3) is 4.66. The molecule has 1 saturated heterocycles. The second-order valence-corrected chi connectivity index (χ2v) is 8.19. The van der Waals surface area contributed by atoms with E-state index in [0.29, 0.717) is 0 Å². The Bertz CT molecular complexity index is 1020. The van der Waals surface area contributed by atoms with Crippen LogP contribution in [0.2, 0.25) is 0 Å². The Kier molecular flexibility index (Phi) is 7.16. The summed E-state index contributed by atoms with van der Waals surface area (Å²) in [5.74, 6) is 3.10. The Labute approximate surface area is 185 Å². The molecule has 0 unspecified atom stereocenters. The molecule has 11 nitrogen and oxygen atoms in total. The standard InChI is InChI=1S/C18H19N5O6S2/c1-2-29-22-11(10-8-31-18(19)20-10)14(25)21-12-15(26)23-13(17(27)28)9(5-3-4-6-24)7-30-16(12)23/h8,12,16,24H,2,4,6-7H2,1H3,(H2,19,20)(H,21,25)(H,27,28)/b22-11-/t12-,16-/m1/s1.